The van der Waals surface area contributed by atoms with Gasteiger partial charge in [0.1, 0.15) is 0 Å². The monoisotopic (exact) mass is 511 g/mol. The summed E-state index contributed by atoms with van der Waals surface area (Å²) in [4.78, 5) is 0. The zero-order valence-corrected chi connectivity index (χ0v) is 23.5. The molecule has 0 heterocycles. The first kappa shape index (κ1) is 35.9. The maximum atomic E-state index is 9.39. The predicted molar refractivity (Wildman–Crippen MR) is 139 cm³/mol. The largest absolute Gasteiger partial charge is 0.726 e. The van der Waals surface area contributed by atoms with Crippen LogP contribution >= 0.6 is 0 Å². The van der Waals surface area contributed by atoms with Gasteiger partial charge in [0.05, 0.1) is 32.9 Å². The molecule has 0 amide bonds. The van der Waals surface area contributed by atoms with Gasteiger partial charge in [-0.15, -0.1) is 0 Å². The van der Waals surface area contributed by atoms with Crippen LogP contribution in [0.4, 0.5) is 0 Å². The van der Waals surface area contributed by atoms with Gasteiger partial charge in [-0.05, 0) is 12.8 Å². The summed E-state index contributed by atoms with van der Waals surface area (Å²) in [5.41, 5.74) is 0. The van der Waals surface area contributed by atoms with Gasteiger partial charge >= 0.3 is 0 Å². The number of hydrogen-bond acceptors (Lipinski definition) is 6. The molecule has 0 rings (SSSR count). The van der Waals surface area contributed by atoms with E-state index in [2.05, 4.69) is 30.3 Å². The van der Waals surface area contributed by atoms with Crippen molar-refractivity contribution in [1.29, 1.82) is 0 Å². The van der Waals surface area contributed by atoms with E-state index in [4.69, 9.17) is 0 Å². The smallest absolute Gasteiger partial charge is 0.217 e. The normalized spacial score (nSPS) is 14.3. The Bertz CT molecular complexity index is 494. The molecule has 8 heteroatoms. The minimum Gasteiger partial charge on any atom is -0.726 e. The summed E-state index contributed by atoms with van der Waals surface area (Å²) >= 11 is 0. The minimum atomic E-state index is -4.41. The van der Waals surface area contributed by atoms with Crippen LogP contribution < -0.4 is 5.32 Å². The average molecular weight is 512 g/mol. The molecular formula is C26H57NO6S. The number of rotatable bonds is 23. The molecule has 0 radical (unpaired) electrons. The van der Waals surface area contributed by atoms with Crippen LogP contribution in [0.1, 0.15) is 124 Å². The maximum absolute atomic E-state index is 9.39. The Labute approximate surface area is 211 Å². The van der Waals surface area contributed by atoms with Crippen LogP contribution in [0, 0.1) is 11.8 Å². The third-order valence-electron chi connectivity index (χ3n) is 6.59. The molecular weight excluding hydrogens is 454 g/mol. The summed E-state index contributed by atoms with van der Waals surface area (Å²) in [5.74, 6) is 0.506. The van der Waals surface area contributed by atoms with Crippen molar-refractivity contribution in [3.8, 4) is 0 Å². The summed E-state index contributed by atoms with van der Waals surface area (Å²) in [5, 5.41) is 21.1. The van der Waals surface area contributed by atoms with E-state index in [1.165, 1.54) is 103 Å². The molecule has 0 aliphatic carbocycles. The third kappa shape index (κ3) is 26.4. The van der Waals surface area contributed by atoms with Crippen molar-refractivity contribution in [2.75, 3.05) is 26.9 Å². The van der Waals surface area contributed by atoms with Crippen molar-refractivity contribution < 1.29 is 32.7 Å². The molecule has 208 valence electrons. The van der Waals surface area contributed by atoms with E-state index in [0.717, 1.165) is 13.7 Å². The van der Waals surface area contributed by atoms with Crippen LogP contribution in [-0.2, 0) is 14.6 Å². The lowest BCUT2D eigenvalue weighted by atomic mass is 9.91. The van der Waals surface area contributed by atoms with Gasteiger partial charge in [0.25, 0.3) is 0 Å². The lowest BCUT2D eigenvalue weighted by Crippen LogP contribution is -2.93. The average Bonchev–Trinajstić information content (AvgIpc) is 2.82. The lowest BCUT2D eigenvalue weighted by Gasteiger charge is -2.25. The number of quaternary nitrogens is 1. The van der Waals surface area contributed by atoms with Gasteiger partial charge in [0, 0.05) is 11.8 Å². The van der Waals surface area contributed by atoms with Crippen molar-refractivity contribution >= 4 is 10.4 Å². The Morgan fingerprint density at radius 2 is 1.00 bits per heavy atom. The van der Waals surface area contributed by atoms with Crippen molar-refractivity contribution in [3.63, 3.8) is 0 Å². The van der Waals surface area contributed by atoms with E-state index in [-0.39, 0.29) is 25.0 Å². The van der Waals surface area contributed by atoms with E-state index in [1.807, 2.05) is 0 Å². The van der Waals surface area contributed by atoms with Crippen LogP contribution in [0.15, 0.2) is 0 Å². The van der Waals surface area contributed by atoms with E-state index >= 15 is 0 Å². The van der Waals surface area contributed by atoms with Gasteiger partial charge < -0.3 is 20.1 Å². The summed E-state index contributed by atoms with van der Waals surface area (Å²) in [6.07, 6.45) is 22.5. The van der Waals surface area contributed by atoms with Crippen LogP contribution in [0.3, 0.4) is 0 Å². The summed E-state index contributed by atoms with van der Waals surface area (Å²) in [7, 11) is -3.60. The first-order valence-electron chi connectivity index (χ1n) is 13.8. The van der Waals surface area contributed by atoms with Crippen LogP contribution in [0.25, 0.3) is 0 Å². The van der Waals surface area contributed by atoms with Crippen molar-refractivity contribution in [2.24, 2.45) is 11.8 Å². The zero-order chi connectivity index (χ0) is 26.1. The molecule has 4 N–H and O–H groups in total. The van der Waals surface area contributed by atoms with Gasteiger partial charge in [0.15, 0.2) is 0 Å². The SMILES string of the molecule is CCCCCCCCCCCCCCCCCC[NH2+]C(C(C)CO)C(C)CO.COS(=O)(=O)[O-]. The van der Waals surface area contributed by atoms with Crippen LogP contribution in [0.2, 0.25) is 0 Å². The molecule has 0 aromatic rings. The first-order valence-corrected chi connectivity index (χ1v) is 15.1. The fraction of sp³-hybridized carbons (Fsp3) is 1.00. The highest BCUT2D eigenvalue weighted by Crippen LogP contribution is 2.13. The summed E-state index contributed by atoms with van der Waals surface area (Å²) < 4.78 is 31.0. The second-order valence-corrected chi connectivity index (χ2v) is 10.9. The fourth-order valence-corrected chi connectivity index (χ4v) is 4.27. The van der Waals surface area contributed by atoms with E-state index < -0.39 is 10.4 Å². The Morgan fingerprint density at radius 3 is 1.26 bits per heavy atom. The Balaban J connectivity index is 0. The molecule has 0 aromatic carbocycles. The Hall–Kier alpha value is -0.250. The van der Waals surface area contributed by atoms with Crippen LogP contribution in [0.5, 0.6) is 0 Å². The van der Waals surface area contributed by atoms with Crippen molar-refractivity contribution in [1.82, 2.24) is 0 Å². The molecule has 2 unspecified atom stereocenters. The van der Waals surface area contributed by atoms with Gasteiger partial charge in [-0.1, -0.05) is 111 Å². The molecule has 0 spiro atoms. The van der Waals surface area contributed by atoms with Gasteiger partial charge in [-0.2, -0.15) is 0 Å². The molecule has 0 aromatic heterocycles. The predicted octanol–water partition coefficient (Wildman–Crippen LogP) is 4.53. The number of nitrogens with two attached hydrogens (primary N) is 1. The topological polar surface area (TPSA) is 124 Å². The molecule has 2 atom stereocenters. The number of hydrogen-bond donors (Lipinski definition) is 3. The molecule has 0 bridgehead atoms. The van der Waals surface area contributed by atoms with Gasteiger partial charge in [0.2, 0.25) is 10.4 Å². The highest BCUT2D eigenvalue weighted by molar-refractivity contribution is 7.80. The molecule has 0 saturated carbocycles. The van der Waals surface area contributed by atoms with Crippen LogP contribution in [-0.4, -0.2) is 56.1 Å². The molecule has 0 fully saturated rings. The van der Waals surface area contributed by atoms with E-state index in [9.17, 15) is 23.2 Å². The lowest BCUT2D eigenvalue weighted by molar-refractivity contribution is -0.703. The second-order valence-electron chi connectivity index (χ2n) is 9.80. The Morgan fingerprint density at radius 1 is 0.706 bits per heavy atom. The fourth-order valence-electron chi connectivity index (χ4n) is 4.27. The zero-order valence-electron chi connectivity index (χ0n) is 22.7. The number of aliphatic hydroxyl groups is 2. The van der Waals surface area contributed by atoms with Gasteiger partial charge in [-0.25, -0.2) is 8.42 Å². The number of aliphatic hydroxyl groups excluding tert-OH is 2. The van der Waals surface area contributed by atoms with Gasteiger partial charge in [-0.3, -0.25) is 4.18 Å². The molecule has 0 aliphatic rings. The third-order valence-corrected chi connectivity index (χ3v) is 7.00. The highest BCUT2D eigenvalue weighted by atomic mass is 32.3. The standard InChI is InChI=1S/C25H53NO2.CH4O4S/c1-4-5-6-7-8-9-10-11-12-13-14-15-16-17-18-19-20-26-25(23(2)21-27)24(3)22-28;1-5-6(2,3)4/h23-28H,4-22H2,1-3H3;1H3,(H,2,3,4). The molecule has 34 heavy (non-hydrogen) atoms. The first-order chi connectivity index (χ1) is 16.2. The Kier molecular flexibility index (Phi) is 27.3. The quantitative estimate of drug-likeness (QED) is 0.105. The molecule has 7 nitrogen and oxygen atoms in total. The second kappa shape index (κ2) is 25.8. The minimum absolute atomic E-state index is 0.213. The van der Waals surface area contributed by atoms with Crippen molar-refractivity contribution in [3.05, 3.63) is 0 Å². The molecule has 0 aliphatic heterocycles. The molecule has 0 saturated heterocycles. The summed E-state index contributed by atoms with van der Waals surface area (Å²) in [6.45, 7) is 8.00. The maximum Gasteiger partial charge on any atom is 0.217 e. The highest BCUT2D eigenvalue weighted by Gasteiger charge is 2.25. The van der Waals surface area contributed by atoms with Crippen molar-refractivity contribution in [2.45, 2.75) is 130 Å². The number of unbranched alkanes of at least 4 members (excludes halogenated alkanes) is 15. The van der Waals surface area contributed by atoms with E-state index in [0.29, 0.717) is 6.04 Å². The van der Waals surface area contributed by atoms with E-state index in [1.54, 1.807) is 0 Å². The summed E-state index contributed by atoms with van der Waals surface area (Å²) in [6, 6.07) is 0.339.